The lowest BCUT2D eigenvalue weighted by molar-refractivity contribution is 0.553. The first-order valence-corrected chi connectivity index (χ1v) is 11.2. The molecule has 0 aromatic heterocycles. The molecule has 0 amide bonds. The highest BCUT2D eigenvalue weighted by Crippen LogP contribution is 2.24. The predicted molar refractivity (Wildman–Crippen MR) is 107 cm³/mol. The van der Waals surface area contributed by atoms with Crippen LogP contribution < -0.4 is 10.0 Å². The van der Waals surface area contributed by atoms with Gasteiger partial charge in [0.1, 0.15) is 5.82 Å². The summed E-state index contributed by atoms with van der Waals surface area (Å²) >= 11 is 0. The van der Waals surface area contributed by atoms with Crippen molar-refractivity contribution in [2.75, 3.05) is 12.3 Å². The van der Waals surface area contributed by atoms with Gasteiger partial charge >= 0.3 is 0 Å². The summed E-state index contributed by atoms with van der Waals surface area (Å²) < 4.78 is 40.9. The van der Waals surface area contributed by atoms with E-state index in [0.29, 0.717) is 12.8 Å². The fourth-order valence-corrected chi connectivity index (χ4v) is 4.83. The second-order valence-electron chi connectivity index (χ2n) is 7.13. The first-order chi connectivity index (χ1) is 13.0. The number of hydrogen-bond donors (Lipinski definition) is 2. The van der Waals surface area contributed by atoms with Crippen molar-refractivity contribution in [2.45, 2.75) is 45.2 Å². The number of benzene rings is 2. The Bertz CT molecular complexity index is 866. The second-order valence-corrected chi connectivity index (χ2v) is 9.00. The van der Waals surface area contributed by atoms with Crippen LogP contribution in [0.3, 0.4) is 0 Å². The van der Waals surface area contributed by atoms with Crippen LogP contribution in [0.15, 0.2) is 42.5 Å². The molecule has 27 heavy (non-hydrogen) atoms. The van der Waals surface area contributed by atoms with E-state index in [1.807, 2.05) is 13.0 Å². The molecule has 0 radical (unpaired) electrons. The number of nitrogens with one attached hydrogen (secondary N) is 2. The highest BCUT2D eigenvalue weighted by Gasteiger charge is 2.21. The standard InChI is InChI=1S/C21H27FN2O2S/c1-2-12-27(25,26)24-21(13-16-5-9-20(22)10-6-16)18-8-7-17-4-3-11-23-15-19(17)14-18/h5-10,14,21,23-24H,2-4,11-13,15H2,1H3. The molecule has 2 aromatic rings. The van der Waals surface area contributed by atoms with E-state index in [0.717, 1.165) is 37.1 Å². The van der Waals surface area contributed by atoms with E-state index in [9.17, 15) is 12.8 Å². The van der Waals surface area contributed by atoms with Gasteiger partial charge in [-0.25, -0.2) is 17.5 Å². The minimum Gasteiger partial charge on any atom is -0.313 e. The lowest BCUT2D eigenvalue weighted by atomic mass is 9.95. The maximum absolute atomic E-state index is 13.2. The summed E-state index contributed by atoms with van der Waals surface area (Å²) in [6, 6.07) is 12.1. The van der Waals surface area contributed by atoms with Crippen LogP contribution in [0.4, 0.5) is 4.39 Å². The predicted octanol–water partition coefficient (Wildman–Crippen LogP) is 3.47. The third kappa shape index (κ3) is 5.61. The van der Waals surface area contributed by atoms with Crippen LogP contribution in [0.1, 0.15) is 48.1 Å². The molecule has 3 rings (SSSR count). The summed E-state index contributed by atoms with van der Waals surface area (Å²) in [5, 5.41) is 3.41. The van der Waals surface area contributed by atoms with Crippen LogP contribution in [-0.2, 0) is 29.4 Å². The average Bonchev–Trinajstić information content (AvgIpc) is 2.87. The number of fused-ring (bicyclic) bond motifs is 1. The van der Waals surface area contributed by atoms with Crippen molar-refractivity contribution in [1.82, 2.24) is 10.0 Å². The Kier molecular flexibility index (Phi) is 6.63. The van der Waals surface area contributed by atoms with Gasteiger partial charge in [-0.2, -0.15) is 0 Å². The highest BCUT2D eigenvalue weighted by atomic mass is 32.2. The molecule has 0 saturated heterocycles. The Balaban J connectivity index is 1.90. The molecule has 4 nitrogen and oxygen atoms in total. The van der Waals surface area contributed by atoms with Crippen molar-refractivity contribution in [1.29, 1.82) is 0 Å². The Hall–Kier alpha value is -1.76. The third-order valence-corrected chi connectivity index (χ3v) is 6.48. The molecule has 1 aliphatic heterocycles. The molecule has 6 heteroatoms. The molecule has 2 aromatic carbocycles. The van der Waals surface area contributed by atoms with Gasteiger partial charge in [0.05, 0.1) is 11.8 Å². The minimum atomic E-state index is -3.38. The smallest absolute Gasteiger partial charge is 0.212 e. The zero-order valence-corrected chi connectivity index (χ0v) is 16.5. The molecule has 1 atom stereocenters. The van der Waals surface area contributed by atoms with Crippen LogP contribution >= 0.6 is 0 Å². The van der Waals surface area contributed by atoms with E-state index in [4.69, 9.17) is 0 Å². The van der Waals surface area contributed by atoms with E-state index in [-0.39, 0.29) is 17.6 Å². The number of hydrogen-bond acceptors (Lipinski definition) is 3. The van der Waals surface area contributed by atoms with E-state index in [2.05, 4.69) is 22.2 Å². The molecule has 0 bridgehead atoms. The molecule has 1 unspecified atom stereocenters. The van der Waals surface area contributed by atoms with Crippen LogP contribution in [0.5, 0.6) is 0 Å². The lowest BCUT2D eigenvalue weighted by Gasteiger charge is -2.21. The number of halogens is 1. The fourth-order valence-electron chi connectivity index (χ4n) is 3.53. The summed E-state index contributed by atoms with van der Waals surface area (Å²) in [5.41, 5.74) is 4.39. The van der Waals surface area contributed by atoms with Crippen molar-refractivity contribution < 1.29 is 12.8 Å². The average molecular weight is 391 g/mol. The number of rotatable bonds is 7. The highest BCUT2D eigenvalue weighted by molar-refractivity contribution is 7.89. The molecule has 0 spiro atoms. The van der Waals surface area contributed by atoms with Gasteiger partial charge in [0.2, 0.25) is 10.0 Å². The summed E-state index contributed by atoms with van der Waals surface area (Å²) in [6.45, 7) is 3.64. The summed E-state index contributed by atoms with van der Waals surface area (Å²) in [4.78, 5) is 0. The molecule has 1 aliphatic rings. The first-order valence-electron chi connectivity index (χ1n) is 9.53. The molecule has 0 fully saturated rings. The molecular formula is C21H27FN2O2S. The maximum atomic E-state index is 13.2. The Morgan fingerprint density at radius 2 is 1.93 bits per heavy atom. The summed E-state index contributed by atoms with van der Waals surface area (Å²) in [7, 11) is -3.38. The van der Waals surface area contributed by atoms with Gasteiger partial charge in [-0.15, -0.1) is 0 Å². The molecule has 0 saturated carbocycles. The topological polar surface area (TPSA) is 58.2 Å². The minimum absolute atomic E-state index is 0.0966. The van der Waals surface area contributed by atoms with Crippen LogP contribution in [-0.4, -0.2) is 20.7 Å². The van der Waals surface area contributed by atoms with E-state index >= 15 is 0 Å². The van der Waals surface area contributed by atoms with Crippen LogP contribution in [0.2, 0.25) is 0 Å². The normalized spacial score (nSPS) is 15.8. The van der Waals surface area contributed by atoms with Gasteiger partial charge in [-0.3, -0.25) is 0 Å². The third-order valence-electron chi connectivity index (χ3n) is 4.90. The first kappa shape index (κ1) is 20.0. The quantitative estimate of drug-likeness (QED) is 0.761. The van der Waals surface area contributed by atoms with Crippen molar-refractivity contribution in [3.05, 3.63) is 70.5 Å². The number of aryl methyl sites for hydroxylation is 1. The van der Waals surface area contributed by atoms with Crippen molar-refractivity contribution in [3.8, 4) is 0 Å². The van der Waals surface area contributed by atoms with Gasteiger partial charge in [0.25, 0.3) is 0 Å². The maximum Gasteiger partial charge on any atom is 0.212 e. The zero-order valence-electron chi connectivity index (χ0n) is 15.7. The zero-order chi connectivity index (χ0) is 19.3. The van der Waals surface area contributed by atoms with Gasteiger partial charge in [-0.1, -0.05) is 37.3 Å². The van der Waals surface area contributed by atoms with E-state index in [1.54, 1.807) is 12.1 Å². The molecule has 1 heterocycles. The SMILES string of the molecule is CCCS(=O)(=O)NC(Cc1ccc(F)cc1)c1ccc2c(c1)CNCCC2. The lowest BCUT2D eigenvalue weighted by Crippen LogP contribution is -2.32. The van der Waals surface area contributed by atoms with Crippen molar-refractivity contribution >= 4 is 10.0 Å². The number of sulfonamides is 1. The molecule has 2 N–H and O–H groups in total. The molecule has 146 valence electrons. The summed E-state index contributed by atoms with van der Waals surface area (Å²) in [5.74, 6) is -0.197. The van der Waals surface area contributed by atoms with Gasteiger partial charge in [0, 0.05) is 6.54 Å². The van der Waals surface area contributed by atoms with Crippen LogP contribution in [0, 0.1) is 5.82 Å². The van der Waals surface area contributed by atoms with E-state index < -0.39 is 10.0 Å². The van der Waals surface area contributed by atoms with Gasteiger partial charge < -0.3 is 5.32 Å². The Morgan fingerprint density at radius 3 is 2.67 bits per heavy atom. The van der Waals surface area contributed by atoms with E-state index in [1.165, 1.54) is 23.3 Å². The largest absolute Gasteiger partial charge is 0.313 e. The van der Waals surface area contributed by atoms with Gasteiger partial charge in [0.15, 0.2) is 0 Å². The van der Waals surface area contributed by atoms with Crippen LogP contribution in [0.25, 0.3) is 0 Å². The fraction of sp³-hybridized carbons (Fsp3) is 0.429. The van der Waals surface area contributed by atoms with Crippen molar-refractivity contribution in [3.63, 3.8) is 0 Å². The monoisotopic (exact) mass is 390 g/mol. The second kappa shape index (κ2) is 8.95. The van der Waals surface area contributed by atoms with Crippen molar-refractivity contribution in [2.24, 2.45) is 0 Å². The Morgan fingerprint density at radius 1 is 1.15 bits per heavy atom. The Labute approximate surface area is 161 Å². The van der Waals surface area contributed by atoms with Gasteiger partial charge in [-0.05, 0) is 66.6 Å². The summed E-state index contributed by atoms with van der Waals surface area (Å²) in [6.07, 6.45) is 3.18. The molecular weight excluding hydrogens is 363 g/mol. The molecule has 0 aliphatic carbocycles.